The molecule has 1 aliphatic heterocycles. The summed E-state index contributed by atoms with van der Waals surface area (Å²) in [6.07, 6.45) is -3.59. The Hall–Kier alpha value is -3.46. The lowest BCUT2D eigenvalue weighted by Crippen LogP contribution is -2.49. The Kier molecular flexibility index (Phi) is 7.38. The van der Waals surface area contributed by atoms with E-state index in [1.165, 1.54) is 18.7 Å². The molecule has 0 radical (unpaired) electrons. The molecule has 1 amide bonds. The molecule has 3 heterocycles. The Labute approximate surface area is 217 Å². The summed E-state index contributed by atoms with van der Waals surface area (Å²) in [5.41, 5.74) is 3.08. The predicted molar refractivity (Wildman–Crippen MR) is 133 cm³/mol. The van der Waals surface area contributed by atoms with Gasteiger partial charge >= 0.3 is 0 Å². The van der Waals surface area contributed by atoms with Gasteiger partial charge in [0, 0.05) is 18.5 Å². The molecule has 13 nitrogen and oxygen atoms in total. The van der Waals surface area contributed by atoms with Gasteiger partial charge in [-0.15, -0.1) is 0 Å². The van der Waals surface area contributed by atoms with Gasteiger partial charge in [0.2, 0.25) is 5.91 Å². The number of fused-ring (bicyclic) bond motifs is 1. The zero-order valence-corrected chi connectivity index (χ0v) is 20.5. The van der Waals surface area contributed by atoms with Gasteiger partial charge in [-0.25, -0.2) is 15.0 Å². The van der Waals surface area contributed by atoms with Crippen LogP contribution in [0.5, 0.6) is 0 Å². The maximum absolute atomic E-state index is 13.0. The number of rotatable bonds is 7. The molecule has 202 valence electrons. The van der Waals surface area contributed by atoms with Crippen LogP contribution in [0.15, 0.2) is 48.6 Å². The van der Waals surface area contributed by atoms with E-state index in [9.17, 15) is 30.3 Å². The fraction of sp³-hybridized carbons (Fsp3) is 0.440. The van der Waals surface area contributed by atoms with Gasteiger partial charge in [0.15, 0.2) is 23.2 Å². The first kappa shape index (κ1) is 26.2. The first-order chi connectivity index (χ1) is 18.3. The number of ether oxygens (including phenoxy) is 1. The minimum absolute atomic E-state index is 0.0501. The number of nitrogens with one attached hydrogen (secondary N) is 2. The van der Waals surface area contributed by atoms with Crippen molar-refractivity contribution in [3.05, 3.63) is 59.7 Å². The summed E-state index contributed by atoms with van der Waals surface area (Å²) in [6.45, 7) is 2.02. The van der Waals surface area contributed by atoms with E-state index in [1.807, 2.05) is 25.1 Å². The van der Waals surface area contributed by atoms with Gasteiger partial charge in [0.05, 0.1) is 19.0 Å². The van der Waals surface area contributed by atoms with E-state index in [0.717, 1.165) is 11.1 Å². The minimum Gasteiger partial charge on any atom is -0.394 e. The molecule has 3 unspecified atom stereocenters. The third-order valence-electron chi connectivity index (χ3n) is 6.86. The van der Waals surface area contributed by atoms with E-state index in [2.05, 4.69) is 31.7 Å². The molecule has 0 spiro atoms. The maximum atomic E-state index is 13.0. The van der Waals surface area contributed by atoms with Crippen LogP contribution in [0.4, 0.5) is 5.82 Å². The van der Waals surface area contributed by atoms with Crippen molar-refractivity contribution in [1.82, 2.24) is 24.8 Å². The van der Waals surface area contributed by atoms with Gasteiger partial charge in [-0.05, 0) is 18.6 Å². The van der Waals surface area contributed by atoms with Gasteiger partial charge in [-0.2, -0.15) is 0 Å². The molecule has 5 rings (SSSR count). The Balaban J connectivity index is 1.40. The van der Waals surface area contributed by atoms with Crippen molar-refractivity contribution < 1.29 is 35.1 Å². The highest BCUT2D eigenvalue weighted by Crippen LogP contribution is 2.33. The number of amides is 1. The van der Waals surface area contributed by atoms with Crippen molar-refractivity contribution in [2.24, 2.45) is 0 Å². The summed E-state index contributed by atoms with van der Waals surface area (Å²) < 4.78 is 7.43. The first-order valence-corrected chi connectivity index (χ1v) is 12.2. The van der Waals surface area contributed by atoms with E-state index < -0.39 is 55.3 Å². The van der Waals surface area contributed by atoms with Gasteiger partial charge in [-0.1, -0.05) is 29.8 Å². The molecule has 0 saturated carbocycles. The zero-order valence-electron chi connectivity index (χ0n) is 20.5. The van der Waals surface area contributed by atoms with Crippen molar-refractivity contribution >= 4 is 22.9 Å². The highest BCUT2D eigenvalue weighted by molar-refractivity contribution is 5.94. The van der Waals surface area contributed by atoms with Gasteiger partial charge in [-0.3, -0.25) is 9.36 Å². The molecule has 1 aliphatic carbocycles. The summed E-state index contributed by atoms with van der Waals surface area (Å²) in [5, 5.41) is 56.2. The van der Waals surface area contributed by atoms with Crippen LogP contribution in [0.2, 0.25) is 0 Å². The van der Waals surface area contributed by atoms with E-state index >= 15 is 0 Å². The molecule has 3 aromatic rings. The summed E-state index contributed by atoms with van der Waals surface area (Å²) >= 11 is 0. The number of aromatic nitrogens is 4. The van der Waals surface area contributed by atoms with Crippen molar-refractivity contribution in [3.8, 4) is 0 Å². The van der Waals surface area contributed by atoms with Crippen molar-refractivity contribution in [3.63, 3.8) is 0 Å². The van der Waals surface area contributed by atoms with E-state index in [1.54, 1.807) is 4.57 Å². The van der Waals surface area contributed by atoms with Crippen molar-refractivity contribution in [2.75, 3.05) is 11.9 Å². The molecular formula is C25H30N6O7. The summed E-state index contributed by atoms with van der Waals surface area (Å²) in [6, 6.07) is 7.00. The van der Waals surface area contributed by atoms with E-state index in [4.69, 9.17) is 4.74 Å². The van der Waals surface area contributed by atoms with Crippen LogP contribution in [0.25, 0.3) is 11.2 Å². The monoisotopic (exact) mass is 526 g/mol. The topological polar surface area (TPSA) is 195 Å². The fourth-order valence-corrected chi connectivity index (χ4v) is 4.82. The molecule has 7 atom stereocenters. The smallest absolute Gasteiger partial charge is 0.247 e. The average molecular weight is 527 g/mol. The summed E-state index contributed by atoms with van der Waals surface area (Å²) in [4.78, 5) is 26.1. The Bertz CT molecular complexity index is 1350. The average Bonchev–Trinajstić information content (AvgIpc) is 3.46. The Morgan fingerprint density at radius 2 is 1.97 bits per heavy atom. The minimum atomic E-state index is -1.41. The lowest BCUT2D eigenvalue weighted by atomic mass is 9.91. The Morgan fingerprint density at radius 3 is 2.71 bits per heavy atom. The molecule has 38 heavy (non-hydrogen) atoms. The number of carbonyl (C=O) groups is 1. The molecule has 1 fully saturated rings. The quantitative estimate of drug-likeness (QED) is 0.197. The first-order valence-electron chi connectivity index (χ1n) is 12.2. The number of aryl methyl sites for hydroxylation is 1. The van der Waals surface area contributed by atoms with E-state index in [0.29, 0.717) is 23.5 Å². The lowest BCUT2D eigenvalue weighted by molar-refractivity contribution is -0.121. The number of aliphatic hydroxyl groups is 5. The number of carbonyl (C=O) groups excluding carboxylic acids is 1. The number of imidazole rings is 1. The molecule has 2 aliphatic rings. The van der Waals surface area contributed by atoms with Gasteiger partial charge in [0.25, 0.3) is 0 Å². The van der Waals surface area contributed by atoms with Crippen molar-refractivity contribution in [2.45, 2.75) is 62.7 Å². The molecule has 13 heteroatoms. The maximum Gasteiger partial charge on any atom is 0.247 e. The molecule has 1 aromatic carbocycles. The van der Waals surface area contributed by atoms with Crippen LogP contribution in [0, 0.1) is 6.92 Å². The van der Waals surface area contributed by atoms with Crippen LogP contribution in [-0.4, -0.2) is 94.1 Å². The number of anilines is 1. The third-order valence-corrected chi connectivity index (χ3v) is 6.86. The largest absolute Gasteiger partial charge is 0.394 e. The van der Waals surface area contributed by atoms with Crippen molar-refractivity contribution in [1.29, 1.82) is 0 Å². The lowest BCUT2D eigenvalue weighted by Gasteiger charge is -2.29. The van der Waals surface area contributed by atoms with Crippen LogP contribution < -0.4 is 10.6 Å². The van der Waals surface area contributed by atoms with E-state index in [-0.39, 0.29) is 12.0 Å². The molecule has 0 bridgehead atoms. The zero-order chi connectivity index (χ0) is 27.0. The highest BCUT2D eigenvalue weighted by Gasteiger charge is 2.46. The third kappa shape index (κ3) is 4.99. The molecule has 7 N–H and O–H groups in total. The SMILES string of the molecule is Cc1cccc(CNc2ncnc3c2ncn3[C@@H]2O[C@H](CO)[C@@H](O)[C@H]2NC(=O)C2=CC(O)C(O)C(O)C2)c1. The molecule has 1 saturated heterocycles. The Morgan fingerprint density at radius 1 is 1.16 bits per heavy atom. The second-order valence-electron chi connectivity index (χ2n) is 9.57. The number of nitrogens with zero attached hydrogens (tertiary/aromatic N) is 4. The molecular weight excluding hydrogens is 496 g/mol. The highest BCUT2D eigenvalue weighted by atomic mass is 16.5. The number of aliphatic hydroxyl groups excluding tert-OH is 5. The van der Waals surface area contributed by atoms with Crippen LogP contribution >= 0.6 is 0 Å². The number of benzene rings is 1. The predicted octanol–water partition coefficient (Wildman–Crippen LogP) is -1.10. The van der Waals surface area contributed by atoms with Gasteiger partial charge < -0.3 is 40.9 Å². The fourth-order valence-electron chi connectivity index (χ4n) is 4.82. The second-order valence-corrected chi connectivity index (χ2v) is 9.57. The normalized spacial score (nSPS) is 29.3. The standard InChI is InChI=1S/C25H30N6O7/c1-12-3-2-4-13(5-12)8-26-22-19-23(28-10-27-22)31(11-29-19)25-18(21(36)17(9-32)38-25)30-24(37)14-6-15(33)20(35)16(34)7-14/h2-6,10-11,15-18,20-21,25,32-36H,7-9H2,1H3,(H,30,37)(H,26,27,28)/t15?,16?,17-,18-,20?,21-,25-/m1/s1. The summed E-state index contributed by atoms with van der Waals surface area (Å²) in [5.74, 6) is -0.173. The van der Waals surface area contributed by atoms with Gasteiger partial charge in [0.1, 0.15) is 36.8 Å². The van der Waals surface area contributed by atoms with Crippen LogP contribution in [0.3, 0.4) is 0 Å². The number of hydrogen-bond acceptors (Lipinski definition) is 11. The summed E-state index contributed by atoms with van der Waals surface area (Å²) in [7, 11) is 0. The molecule has 2 aromatic heterocycles. The van der Waals surface area contributed by atoms with Crippen LogP contribution in [0.1, 0.15) is 23.8 Å². The van der Waals surface area contributed by atoms with Crippen LogP contribution in [-0.2, 0) is 16.1 Å². The number of hydrogen-bond donors (Lipinski definition) is 7. The second kappa shape index (κ2) is 10.7.